The summed E-state index contributed by atoms with van der Waals surface area (Å²) in [7, 11) is 6.96. The molecular weight excluding hydrogens is 242 g/mol. The van der Waals surface area contributed by atoms with Gasteiger partial charge in [-0.1, -0.05) is 54.6 Å². The van der Waals surface area contributed by atoms with E-state index in [9.17, 15) is 0 Å². The summed E-state index contributed by atoms with van der Waals surface area (Å²) in [6.45, 7) is 0. The van der Waals surface area contributed by atoms with Gasteiger partial charge in [0.05, 0.1) is 27.2 Å². The topological polar surface area (TPSA) is 0 Å². The molecule has 0 amide bonds. The molecular formula is C19H24N+. The zero-order valence-corrected chi connectivity index (χ0v) is 12.7. The predicted molar refractivity (Wildman–Crippen MR) is 84.9 cm³/mol. The van der Waals surface area contributed by atoms with E-state index in [1.165, 1.54) is 29.5 Å². The van der Waals surface area contributed by atoms with Crippen molar-refractivity contribution in [3.63, 3.8) is 0 Å². The number of nitrogens with zero attached hydrogens (tertiary/aromatic N) is 1. The molecule has 1 aliphatic rings. The molecule has 2 aromatic carbocycles. The van der Waals surface area contributed by atoms with Gasteiger partial charge >= 0.3 is 0 Å². The Balaban J connectivity index is 2.04. The quantitative estimate of drug-likeness (QED) is 0.725. The van der Waals surface area contributed by atoms with Crippen molar-refractivity contribution in [2.24, 2.45) is 0 Å². The number of likely N-dealkylation sites (N-methyl/N-ethyl adjacent to an activating group) is 1. The van der Waals surface area contributed by atoms with Crippen LogP contribution in [0.1, 0.15) is 29.0 Å². The molecule has 0 saturated carbocycles. The molecule has 0 saturated heterocycles. The smallest absolute Gasteiger partial charge is 0.0934 e. The molecule has 0 bridgehead atoms. The van der Waals surface area contributed by atoms with Gasteiger partial charge in [-0.25, -0.2) is 0 Å². The third-order valence-corrected chi connectivity index (χ3v) is 4.69. The summed E-state index contributed by atoms with van der Waals surface area (Å²) in [6, 6.07) is 20.7. The van der Waals surface area contributed by atoms with Gasteiger partial charge in [0.15, 0.2) is 0 Å². The minimum Gasteiger partial charge on any atom is -0.328 e. The van der Waals surface area contributed by atoms with Crippen molar-refractivity contribution in [2.75, 3.05) is 21.1 Å². The van der Waals surface area contributed by atoms with Crippen LogP contribution in [0.25, 0.3) is 0 Å². The summed E-state index contributed by atoms with van der Waals surface area (Å²) < 4.78 is 1.04. The molecule has 0 heterocycles. The van der Waals surface area contributed by atoms with E-state index >= 15 is 0 Å². The molecule has 1 heteroatoms. The average molecular weight is 266 g/mol. The van der Waals surface area contributed by atoms with E-state index < -0.39 is 0 Å². The lowest BCUT2D eigenvalue weighted by atomic mass is 9.76. The first kappa shape index (κ1) is 13.4. The summed E-state index contributed by atoms with van der Waals surface area (Å²) in [5.74, 6) is 0.545. The Kier molecular flexibility index (Phi) is 3.39. The van der Waals surface area contributed by atoms with Crippen LogP contribution in [0.4, 0.5) is 0 Å². The lowest BCUT2D eigenvalue weighted by molar-refractivity contribution is -0.896. The Morgan fingerprint density at radius 3 is 2.20 bits per heavy atom. The highest BCUT2D eigenvalue weighted by molar-refractivity contribution is 5.40. The van der Waals surface area contributed by atoms with Gasteiger partial charge in [0.2, 0.25) is 0 Å². The van der Waals surface area contributed by atoms with Gasteiger partial charge in [0.25, 0.3) is 0 Å². The van der Waals surface area contributed by atoms with Crippen LogP contribution in [0.2, 0.25) is 0 Å². The number of quaternary nitrogens is 1. The van der Waals surface area contributed by atoms with Crippen molar-refractivity contribution in [3.8, 4) is 0 Å². The molecule has 2 aromatic rings. The summed E-state index contributed by atoms with van der Waals surface area (Å²) in [6.07, 6.45) is 2.44. The van der Waals surface area contributed by atoms with E-state index in [2.05, 4.69) is 75.7 Å². The third-order valence-electron chi connectivity index (χ3n) is 4.69. The first-order chi connectivity index (χ1) is 9.55. The maximum absolute atomic E-state index is 2.32. The summed E-state index contributed by atoms with van der Waals surface area (Å²) >= 11 is 0. The second kappa shape index (κ2) is 5.06. The van der Waals surface area contributed by atoms with E-state index in [4.69, 9.17) is 0 Å². The number of fused-ring (bicyclic) bond motifs is 1. The third kappa shape index (κ3) is 2.51. The van der Waals surface area contributed by atoms with Crippen molar-refractivity contribution in [1.29, 1.82) is 0 Å². The zero-order chi connectivity index (χ0) is 14.2. The maximum Gasteiger partial charge on any atom is 0.0934 e. The molecule has 20 heavy (non-hydrogen) atoms. The molecule has 0 spiro atoms. The molecule has 2 atom stereocenters. The first-order valence-corrected chi connectivity index (χ1v) is 7.49. The van der Waals surface area contributed by atoms with Crippen LogP contribution in [-0.4, -0.2) is 31.7 Å². The van der Waals surface area contributed by atoms with Gasteiger partial charge in [0.1, 0.15) is 0 Å². The SMILES string of the molecule is C[N+](C)(C)[C@@H]1Cc2ccccc2[C@@H](c2ccccc2)C1. The maximum atomic E-state index is 2.32. The van der Waals surface area contributed by atoms with Crippen molar-refractivity contribution in [3.05, 3.63) is 71.3 Å². The normalized spacial score (nSPS) is 22.4. The molecule has 104 valence electrons. The second-order valence-electron chi connectivity index (χ2n) is 6.87. The van der Waals surface area contributed by atoms with Crippen molar-refractivity contribution >= 4 is 0 Å². The molecule has 0 unspecified atom stereocenters. The van der Waals surface area contributed by atoms with Crippen molar-refractivity contribution in [2.45, 2.75) is 24.8 Å². The molecule has 0 fully saturated rings. The fourth-order valence-electron chi connectivity index (χ4n) is 3.39. The van der Waals surface area contributed by atoms with Gasteiger partial charge < -0.3 is 4.48 Å². The number of hydrogen-bond donors (Lipinski definition) is 0. The summed E-state index contributed by atoms with van der Waals surface area (Å²) in [4.78, 5) is 0. The highest BCUT2D eigenvalue weighted by Crippen LogP contribution is 2.38. The lowest BCUT2D eigenvalue weighted by Crippen LogP contribution is -2.48. The molecule has 3 rings (SSSR count). The van der Waals surface area contributed by atoms with E-state index in [-0.39, 0.29) is 0 Å². The fourth-order valence-corrected chi connectivity index (χ4v) is 3.39. The van der Waals surface area contributed by atoms with Gasteiger partial charge in [0, 0.05) is 18.8 Å². The molecule has 0 aromatic heterocycles. The number of benzene rings is 2. The average Bonchev–Trinajstić information content (AvgIpc) is 2.46. The number of rotatable bonds is 2. The summed E-state index contributed by atoms with van der Waals surface area (Å²) in [5.41, 5.74) is 4.52. The molecule has 1 aliphatic carbocycles. The Labute approximate surface area is 122 Å². The number of hydrogen-bond acceptors (Lipinski definition) is 0. The minimum absolute atomic E-state index is 0.545. The predicted octanol–water partition coefficient (Wildman–Crippen LogP) is 3.84. The Morgan fingerprint density at radius 2 is 1.50 bits per heavy atom. The van der Waals surface area contributed by atoms with Gasteiger partial charge in [-0.05, 0) is 16.7 Å². The first-order valence-electron chi connectivity index (χ1n) is 7.49. The van der Waals surface area contributed by atoms with E-state index in [0.29, 0.717) is 12.0 Å². The zero-order valence-electron chi connectivity index (χ0n) is 12.7. The molecule has 0 radical (unpaired) electrons. The highest BCUT2D eigenvalue weighted by Gasteiger charge is 2.34. The van der Waals surface area contributed by atoms with Crippen LogP contribution in [0.3, 0.4) is 0 Å². The minimum atomic E-state index is 0.545. The largest absolute Gasteiger partial charge is 0.328 e. The van der Waals surface area contributed by atoms with Crippen molar-refractivity contribution < 1.29 is 4.48 Å². The van der Waals surface area contributed by atoms with Crippen LogP contribution >= 0.6 is 0 Å². The Hall–Kier alpha value is -1.60. The van der Waals surface area contributed by atoms with Crippen LogP contribution in [0.15, 0.2) is 54.6 Å². The lowest BCUT2D eigenvalue weighted by Gasteiger charge is -2.40. The Bertz CT molecular complexity index is 580. The monoisotopic (exact) mass is 266 g/mol. The van der Waals surface area contributed by atoms with Gasteiger partial charge in [-0.2, -0.15) is 0 Å². The molecule has 1 nitrogen and oxygen atoms in total. The van der Waals surface area contributed by atoms with Crippen LogP contribution in [0.5, 0.6) is 0 Å². The van der Waals surface area contributed by atoms with Crippen molar-refractivity contribution in [1.82, 2.24) is 0 Å². The van der Waals surface area contributed by atoms with Crippen LogP contribution in [0, 0.1) is 0 Å². The fraction of sp³-hybridized carbons (Fsp3) is 0.368. The van der Waals surface area contributed by atoms with E-state index in [0.717, 1.165) is 4.48 Å². The standard InChI is InChI=1S/C19H24N/c1-20(2,3)17-13-16-11-7-8-12-18(16)19(14-17)15-9-5-4-6-10-15/h4-12,17,19H,13-14H2,1-3H3/q+1/t17-,19-/m1/s1. The summed E-state index contributed by atoms with van der Waals surface area (Å²) in [5, 5.41) is 0. The Morgan fingerprint density at radius 1 is 0.850 bits per heavy atom. The van der Waals surface area contributed by atoms with Gasteiger partial charge in [-0.15, -0.1) is 0 Å². The molecule has 0 N–H and O–H groups in total. The second-order valence-corrected chi connectivity index (χ2v) is 6.87. The molecule has 0 aliphatic heterocycles. The highest BCUT2D eigenvalue weighted by atomic mass is 15.3. The van der Waals surface area contributed by atoms with Crippen LogP contribution in [-0.2, 0) is 6.42 Å². The van der Waals surface area contributed by atoms with E-state index in [1.54, 1.807) is 0 Å². The van der Waals surface area contributed by atoms with Crippen LogP contribution < -0.4 is 0 Å². The van der Waals surface area contributed by atoms with E-state index in [1.807, 2.05) is 0 Å². The van der Waals surface area contributed by atoms with Gasteiger partial charge in [-0.3, -0.25) is 0 Å².